The van der Waals surface area contributed by atoms with Crippen molar-refractivity contribution in [1.82, 2.24) is 0 Å². The van der Waals surface area contributed by atoms with Crippen LogP contribution in [-0.2, 0) is 4.57 Å². The highest BCUT2D eigenvalue weighted by atomic mass is 31.2. The van der Waals surface area contributed by atoms with E-state index in [1.807, 2.05) is 0 Å². The van der Waals surface area contributed by atoms with Crippen molar-refractivity contribution < 1.29 is 9.67 Å². The van der Waals surface area contributed by atoms with E-state index in [0.29, 0.717) is 6.16 Å². The zero-order valence-electron chi connectivity index (χ0n) is 5.59. The average molecular weight is 136 g/mol. The van der Waals surface area contributed by atoms with Crippen LogP contribution in [0.2, 0.25) is 0 Å². The Morgan fingerprint density at radius 2 is 2.00 bits per heavy atom. The molecule has 8 heavy (non-hydrogen) atoms. The molecule has 0 rings (SSSR count). The predicted octanol–water partition coefficient (Wildman–Crippen LogP) is 0.990. The fourth-order valence-electron chi connectivity index (χ4n) is 0.636. The monoisotopic (exact) mass is 136 g/mol. The summed E-state index contributed by atoms with van der Waals surface area (Å²) >= 11 is 0. The molecule has 0 saturated heterocycles. The molecule has 0 heterocycles. The lowest BCUT2D eigenvalue weighted by Gasteiger charge is -2.06. The zero-order valence-corrected chi connectivity index (χ0v) is 6.48. The van der Waals surface area contributed by atoms with E-state index >= 15 is 0 Å². The molecule has 0 aliphatic rings. The lowest BCUT2D eigenvalue weighted by molar-refractivity contribution is 0.218. The van der Waals surface area contributed by atoms with Gasteiger partial charge in [0.15, 0.2) is 0 Å². The minimum absolute atomic E-state index is 0.421. The quantitative estimate of drug-likeness (QED) is 0.575. The highest BCUT2D eigenvalue weighted by Gasteiger charge is 2.09. The topological polar surface area (TPSA) is 37.3 Å². The summed E-state index contributed by atoms with van der Waals surface area (Å²) in [6.45, 7) is 5.01. The van der Waals surface area contributed by atoms with E-state index in [-0.39, 0.29) is 0 Å². The van der Waals surface area contributed by atoms with Gasteiger partial charge in [0.1, 0.15) is 0 Å². The van der Waals surface area contributed by atoms with Crippen LogP contribution >= 0.6 is 7.14 Å². The Balaban J connectivity index is 3.56. The summed E-state index contributed by atoms with van der Waals surface area (Å²) in [7, 11) is -1.97. The standard InChI is InChI=1S/C5H13O2P/c1-5(6)4-8(2,3)7/h5-6H,4H2,1-3H3/t5-/m1/s1. The van der Waals surface area contributed by atoms with E-state index in [9.17, 15) is 4.57 Å². The number of aliphatic hydroxyl groups is 1. The minimum Gasteiger partial charge on any atom is -0.393 e. The van der Waals surface area contributed by atoms with Crippen molar-refractivity contribution in [3.05, 3.63) is 0 Å². The Labute approximate surface area is 50.3 Å². The molecule has 1 atom stereocenters. The number of hydrogen-bond acceptors (Lipinski definition) is 2. The van der Waals surface area contributed by atoms with Gasteiger partial charge in [-0.15, -0.1) is 0 Å². The van der Waals surface area contributed by atoms with Crippen LogP contribution in [0.3, 0.4) is 0 Å². The molecule has 0 fully saturated rings. The van der Waals surface area contributed by atoms with Gasteiger partial charge in [-0.1, -0.05) is 0 Å². The predicted molar refractivity (Wildman–Crippen MR) is 36.0 cm³/mol. The van der Waals surface area contributed by atoms with Gasteiger partial charge in [-0.2, -0.15) is 0 Å². The van der Waals surface area contributed by atoms with Crippen LogP contribution < -0.4 is 0 Å². The highest BCUT2D eigenvalue weighted by molar-refractivity contribution is 7.62. The maximum atomic E-state index is 10.9. The third-order valence-corrected chi connectivity index (χ3v) is 2.11. The van der Waals surface area contributed by atoms with Gasteiger partial charge in [-0.25, -0.2) is 0 Å². The van der Waals surface area contributed by atoms with Crippen molar-refractivity contribution in [3.8, 4) is 0 Å². The highest BCUT2D eigenvalue weighted by Crippen LogP contribution is 2.35. The third kappa shape index (κ3) is 6.19. The van der Waals surface area contributed by atoms with Gasteiger partial charge in [0.05, 0.1) is 13.2 Å². The first-order valence-electron chi connectivity index (χ1n) is 2.64. The van der Waals surface area contributed by atoms with Crippen molar-refractivity contribution >= 4 is 7.14 Å². The third-order valence-electron chi connectivity index (χ3n) is 0.704. The molecule has 0 saturated carbocycles. The summed E-state index contributed by atoms with van der Waals surface area (Å²) in [4.78, 5) is 0. The summed E-state index contributed by atoms with van der Waals surface area (Å²) in [6, 6.07) is 0. The SMILES string of the molecule is C[C@@H](O)CP(C)(C)=O. The maximum Gasteiger partial charge on any atom is 0.0844 e. The maximum absolute atomic E-state index is 10.9. The molecule has 0 unspecified atom stereocenters. The molecule has 0 radical (unpaired) electrons. The Morgan fingerprint density at radius 1 is 1.62 bits per heavy atom. The van der Waals surface area contributed by atoms with Crippen molar-refractivity contribution in [3.63, 3.8) is 0 Å². The Bertz CT molecular complexity index is 103. The second kappa shape index (κ2) is 2.65. The van der Waals surface area contributed by atoms with Crippen molar-refractivity contribution in [1.29, 1.82) is 0 Å². The van der Waals surface area contributed by atoms with Gasteiger partial charge in [-0.05, 0) is 20.3 Å². The van der Waals surface area contributed by atoms with Crippen molar-refractivity contribution in [2.24, 2.45) is 0 Å². The summed E-state index contributed by atoms with van der Waals surface area (Å²) in [6.07, 6.45) is 0.0170. The fourth-order valence-corrected chi connectivity index (χ4v) is 1.91. The number of hydrogen-bond donors (Lipinski definition) is 1. The smallest absolute Gasteiger partial charge is 0.0844 e. The fraction of sp³-hybridized carbons (Fsp3) is 1.00. The summed E-state index contributed by atoms with van der Waals surface area (Å²) < 4.78 is 10.9. The first-order chi connectivity index (χ1) is 3.42. The zero-order chi connectivity index (χ0) is 6.78. The lowest BCUT2D eigenvalue weighted by atomic mass is 10.5. The van der Waals surface area contributed by atoms with Gasteiger partial charge in [-0.3, -0.25) is 0 Å². The van der Waals surface area contributed by atoms with E-state index in [1.54, 1.807) is 20.3 Å². The van der Waals surface area contributed by atoms with Gasteiger partial charge in [0.2, 0.25) is 0 Å². The Morgan fingerprint density at radius 3 is 2.00 bits per heavy atom. The lowest BCUT2D eigenvalue weighted by Crippen LogP contribution is -2.05. The van der Waals surface area contributed by atoms with Crippen LogP contribution in [0.15, 0.2) is 0 Å². The molecule has 0 aromatic heterocycles. The number of rotatable bonds is 2. The normalized spacial score (nSPS) is 16.0. The molecule has 3 heteroatoms. The molecule has 0 aliphatic heterocycles. The summed E-state index contributed by atoms with van der Waals surface area (Å²) in [5.41, 5.74) is 0. The molecule has 50 valence electrons. The molecule has 0 aromatic rings. The van der Waals surface area contributed by atoms with Crippen LogP contribution in [0.1, 0.15) is 6.92 Å². The largest absolute Gasteiger partial charge is 0.393 e. The first kappa shape index (κ1) is 8.19. The second-order valence-electron chi connectivity index (χ2n) is 2.61. The van der Waals surface area contributed by atoms with E-state index in [1.165, 1.54) is 0 Å². The van der Waals surface area contributed by atoms with Gasteiger partial charge in [0, 0.05) is 6.16 Å². The number of aliphatic hydroxyl groups excluding tert-OH is 1. The molecular weight excluding hydrogens is 123 g/mol. The van der Waals surface area contributed by atoms with Gasteiger partial charge < -0.3 is 9.67 Å². The van der Waals surface area contributed by atoms with E-state index < -0.39 is 13.2 Å². The molecular formula is C5H13O2P. The first-order valence-corrected chi connectivity index (χ1v) is 5.42. The van der Waals surface area contributed by atoms with Crippen LogP contribution in [-0.4, -0.2) is 30.7 Å². The molecule has 2 nitrogen and oxygen atoms in total. The van der Waals surface area contributed by atoms with Crippen molar-refractivity contribution in [2.45, 2.75) is 13.0 Å². The summed E-state index contributed by atoms with van der Waals surface area (Å²) in [5, 5.41) is 8.72. The Kier molecular flexibility index (Phi) is 2.72. The second-order valence-corrected chi connectivity index (χ2v) is 6.12. The molecule has 0 aromatic carbocycles. The van der Waals surface area contributed by atoms with Gasteiger partial charge in [0.25, 0.3) is 0 Å². The van der Waals surface area contributed by atoms with Crippen LogP contribution in [0.25, 0.3) is 0 Å². The molecule has 0 aliphatic carbocycles. The van der Waals surface area contributed by atoms with E-state index in [0.717, 1.165) is 0 Å². The molecule has 0 bridgehead atoms. The summed E-state index contributed by atoms with van der Waals surface area (Å²) in [5.74, 6) is 0. The van der Waals surface area contributed by atoms with Crippen LogP contribution in [0, 0.1) is 0 Å². The van der Waals surface area contributed by atoms with Crippen molar-refractivity contribution in [2.75, 3.05) is 19.5 Å². The average Bonchev–Trinajstić information content (AvgIpc) is 1.21. The minimum atomic E-state index is -1.97. The van der Waals surface area contributed by atoms with Crippen LogP contribution in [0.4, 0.5) is 0 Å². The van der Waals surface area contributed by atoms with Gasteiger partial charge >= 0.3 is 0 Å². The van der Waals surface area contributed by atoms with E-state index in [2.05, 4.69) is 0 Å². The molecule has 0 amide bonds. The van der Waals surface area contributed by atoms with Crippen LogP contribution in [0.5, 0.6) is 0 Å². The van der Waals surface area contributed by atoms with E-state index in [4.69, 9.17) is 5.11 Å². The Hall–Kier alpha value is 0.190. The molecule has 1 N–H and O–H groups in total. The molecule has 0 spiro atoms.